The first-order valence-electron chi connectivity index (χ1n) is 29.2. The number of halogens is 7. The zero-order valence-corrected chi connectivity index (χ0v) is 65.0. The summed E-state index contributed by atoms with van der Waals surface area (Å²) in [5.41, 5.74) is 1.51. The van der Waals surface area contributed by atoms with Crippen molar-refractivity contribution in [2.24, 2.45) is 21.1 Å². The van der Waals surface area contributed by atoms with E-state index in [4.69, 9.17) is 39.5 Å². The summed E-state index contributed by atoms with van der Waals surface area (Å²) in [5.74, 6) is -2.75. The third-order valence-corrected chi connectivity index (χ3v) is 19.7. The fourth-order valence-electron chi connectivity index (χ4n) is 9.37. The molecular formula is C66H75BrCl3F3MgN12O10S3. The van der Waals surface area contributed by atoms with Crippen LogP contribution in [0.3, 0.4) is 0 Å². The molecule has 0 amide bonds. The summed E-state index contributed by atoms with van der Waals surface area (Å²) in [6, 6.07) is 26.0. The Labute approximate surface area is 616 Å². The fraction of sp³-hybridized carbons (Fsp3) is 0.318. The second-order valence-electron chi connectivity index (χ2n) is 25.6. The van der Waals surface area contributed by atoms with Crippen LogP contribution in [0.25, 0.3) is 34.2 Å². The van der Waals surface area contributed by atoms with Gasteiger partial charge in [0.2, 0.25) is 5.82 Å². The normalized spacial score (nSPS) is 11.9. The van der Waals surface area contributed by atoms with Gasteiger partial charge in [0, 0.05) is 63.0 Å². The first-order valence-corrected chi connectivity index (χ1v) is 34.8. The maximum absolute atomic E-state index is 14.3. The van der Waals surface area contributed by atoms with Crippen LogP contribution in [0.1, 0.15) is 134 Å². The van der Waals surface area contributed by atoms with Crippen molar-refractivity contribution in [2.45, 2.75) is 127 Å². The van der Waals surface area contributed by atoms with Crippen molar-refractivity contribution in [2.75, 3.05) is 20.8 Å². The van der Waals surface area contributed by atoms with Gasteiger partial charge < -0.3 is 48.0 Å². The predicted octanol–water partition coefficient (Wildman–Crippen LogP) is 10.8. The van der Waals surface area contributed by atoms with Crippen molar-refractivity contribution in [1.82, 2.24) is 44.3 Å². The molecule has 0 aliphatic carbocycles. The van der Waals surface area contributed by atoms with Crippen LogP contribution in [0, 0.1) is 24.9 Å². The van der Waals surface area contributed by atoms with E-state index < -0.39 is 59.1 Å². The third kappa shape index (κ3) is 20.0. The minimum absolute atomic E-state index is 0. The zero-order valence-electron chi connectivity index (χ0n) is 57.3. The van der Waals surface area contributed by atoms with Gasteiger partial charge in [-0.15, -0.1) is 30.6 Å². The molecule has 0 fully saturated rings. The van der Waals surface area contributed by atoms with E-state index in [2.05, 4.69) is 44.8 Å². The van der Waals surface area contributed by atoms with Gasteiger partial charge in [0.1, 0.15) is 23.1 Å². The van der Waals surface area contributed by atoms with E-state index in [9.17, 15) is 53.1 Å². The molecule has 0 radical (unpaired) electrons. The van der Waals surface area contributed by atoms with Crippen LogP contribution in [0.5, 0.6) is 0 Å². The Balaban J connectivity index is 0.000000311. The summed E-state index contributed by atoms with van der Waals surface area (Å²) in [4.78, 5) is 23.8. The number of aliphatic hydroxyl groups is 1. The van der Waals surface area contributed by atoms with Gasteiger partial charge in [-0.25, -0.2) is 43.2 Å². The van der Waals surface area contributed by atoms with Gasteiger partial charge in [-0.3, -0.25) is 19.0 Å². The number of Topliss-reactive ketones (excluding diaryl/α,β-unsaturated/α-hetero) is 1. The molecule has 99 heavy (non-hydrogen) atoms. The fourth-order valence-corrected chi connectivity index (χ4v) is 13.1. The number of nitrogens with zero attached hydrogens (tertiary/aromatic N) is 9. The molecular weight excluding hydrogens is 1480 g/mol. The number of rotatable bonds is 16. The first kappa shape index (κ1) is 84.4. The van der Waals surface area contributed by atoms with E-state index in [1.165, 1.54) is 82.3 Å². The third-order valence-electron chi connectivity index (χ3n) is 14.7. The molecule has 0 aliphatic heterocycles. The number of esters is 1. The first-order chi connectivity index (χ1) is 44.3. The van der Waals surface area contributed by atoms with Crippen LogP contribution in [-0.4, -0.2) is 116 Å². The van der Waals surface area contributed by atoms with Crippen molar-refractivity contribution >= 4 is 117 Å². The Hall–Kier alpha value is -7.00. The molecule has 528 valence electrons. The molecule has 33 heteroatoms. The smallest absolute Gasteiger partial charge is 1.00 e. The van der Waals surface area contributed by atoms with Gasteiger partial charge in [-0.1, -0.05) is 134 Å². The number of ketones is 1. The van der Waals surface area contributed by atoms with Crippen LogP contribution in [-0.2, 0) is 77.8 Å². The predicted molar refractivity (Wildman–Crippen MR) is 375 cm³/mol. The molecule has 0 saturated carbocycles. The van der Waals surface area contributed by atoms with Crippen LogP contribution in [0.2, 0.25) is 15.1 Å². The van der Waals surface area contributed by atoms with Crippen molar-refractivity contribution in [3.05, 3.63) is 183 Å². The van der Waals surface area contributed by atoms with E-state index >= 15 is 0 Å². The van der Waals surface area contributed by atoms with Crippen LogP contribution >= 0.6 is 34.8 Å². The SMILES string of the molecule is CC(=O)c1nnc(-c2cc(Cl)c(F)cc2NS(=O)(=O)c2ccc(C(C)(C)C)cc2)n1C.CCOC(=O)c1nnc(-c2cc(Cl)c(F)cc2NS(=O)(=O)c2ccc(C(C)(C)C)cc2)n1C.Cn1c(-c2cc(Cl)c(F)cc2NS(=O)(=O)c2ccc(C(C)(C)C)cc2)nnc1C(C)(C)O.[Br-].[CH3-].[Mg+2]. The molecule has 0 saturated heterocycles. The largest absolute Gasteiger partial charge is 2.00 e. The van der Waals surface area contributed by atoms with Crippen LogP contribution in [0.4, 0.5) is 30.2 Å². The summed E-state index contributed by atoms with van der Waals surface area (Å²) in [7, 11) is -7.49. The van der Waals surface area contributed by atoms with Crippen LogP contribution in [0.15, 0.2) is 124 Å². The molecule has 9 rings (SSSR count). The van der Waals surface area contributed by atoms with E-state index in [1.807, 2.05) is 62.3 Å². The number of sulfonamides is 3. The van der Waals surface area contributed by atoms with E-state index in [0.29, 0.717) is 0 Å². The number of hydrogen-bond donors (Lipinski definition) is 4. The van der Waals surface area contributed by atoms with Crippen LogP contribution < -0.4 is 31.1 Å². The summed E-state index contributed by atoms with van der Waals surface area (Å²) >= 11 is 17.9. The summed E-state index contributed by atoms with van der Waals surface area (Å²) in [5, 5.41) is 33.2. The topological polar surface area (TPSA) is 294 Å². The molecule has 0 aliphatic rings. The Morgan fingerprint density at radius 3 is 1.01 bits per heavy atom. The number of carbonyl (C=O) groups excluding carboxylic acids is 2. The summed E-state index contributed by atoms with van der Waals surface area (Å²) < 4.78 is 137. The quantitative estimate of drug-likeness (QED) is 0.0303. The molecule has 0 unspecified atom stereocenters. The average Bonchev–Trinajstić information content (AvgIpc) is 1.72. The monoisotopic (exact) mass is 1560 g/mol. The maximum Gasteiger partial charge on any atom is 2.00 e. The summed E-state index contributed by atoms with van der Waals surface area (Å²) in [6.07, 6.45) is 0. The van der Waals surface area contributed by atoms with Gasteiger partial charge in [0.05, 0.1) is 53.4 Å². The van der Waals surface area contributed by atoms with Gasteiger partial charge >= 0.3 is 29.0 Å². The molecule has 6 aromatic carbocycles. The Morgan fingerprint density at radius 1 is 0.485 bits per heavy atom. The van der Waals surface area contributed by atoms with Crippen molar-refractivity contribution in [3.8, 4) is 34.2 Å². The molecule has 22 nitrogen and oxygen atoms in total. The van der Waals surface area contributed by atoms with Crippen molar-refractivity contribution in [3.63, 3.8) is 0 Å². The molecule has 3 aromatic heterocycles. The van der Waals surface area contributed by atoms with Gasteiger partial charge in [0.25, 0.3) is 30.1 Å². The molecule has 0 spiro atoms. The second-order valence-corrected chi connectivity index (χ2v) is 31.9. The van der Waals surface area contributed by atoms with E-state index in [1.54, 1.807) is 71.3 Å². The number of carbonyl (C=O) groups is 2. The van der Waals surface area contributed by atoms with Crippen molar-refractivity contribution < 1.29 is 74.8 Å². The number of ether oxygens (including phenoxy) is 1. The molecule has 3 heterocycles. The molecule has 9 aromatic rings. The number of benzene rings is 6. The number of aromatic nitrogens is 9. The Kier molecular flexibility index (Phi) is 27.6. The number of anilines is 3. The zero-order chi connectivity index (χ0) is 71.7. The Morgan fingerprint density at radius 2 is 0.758 bits per heavy atom. The molecule has 0 atom stereocenters. The van der Waals surface area contributed by atoms with Gasteiger partial charge in [-0.2, -0.15) is 0 Å². The molecule has 0 bridgehead atoms. The van der Waals surface area contributed by atoms with E-state index in [-0.39, 0.29) is 175 Å². The minimum Gasteiger partial charge on any atom is -1.00 e. The maximum atomic E-state index is 14.3. The molecule has 4 N–H and O–H groups in total. The minimum atomic E-state index is -4.08. The van der Waals surface area contributed by atoms with Gasteiger partial charge in [-0.05, 0) is 108 Å². The summed E-state index contributed by atoms with van der Waals surface area (Å²) in [6.45, 7) is 24.4. The Bertz CT molecular complexity index is 4790. The van der Waals surface area contributed by atoms with E-state index in [0.717, 1.165) is 34.9 Å². The number of hydrogen-bond acceptors (Lipinski definition) is 16. The number of nitrogens with one attached hydrogen (secondary N) is 3. The second kappa shape index (κ2) is 32.3. The standard InChI is InChI=1S/C22H24ClFN4O4S.C22H26ClFN4O3S.C21H22ClFN4O3S.CH3.BrH.Mg/c1-6-32-21(29)20-26-25-19(28(20)5)15-11-16(23)17(24)12-18(15)27-33(30,31)14-9-7-13(8-10-14)22(2,3)4;1-21(2,3)13-7-9-14(10-8-13)32(30,31)27-18-12-17(24)16(23)11-15(18)19-25-26-20(28(19)6)22(4,5)29;1-12(28)19-24-25-20(27(19)5)15-10-16(22)17(23)11-18(15)26-31(29,30)14-8-6-13(7-9-14)21(2,3)4;;;/h7-12,27H,6H2,1-5H3;7-12,27,29H,1-6H3;6-11,26H,1-5H3;1H3;1H;/q;;;-1;;+2/p-1. The van der Waals surface area contributed by atoms with Gasteiger partial charge in [0.15, 0.2) is 34.9 Å². The average molecular weight is 1560 g/mol. The van der Waals surface area contributed by atoms with Crippen molar-refractivity contribution in [1.29, 1.82) is 0 Å².